The van der Waals surface area contributed by atoms with Crippen LogP contribution in [0.1, 0.15) is 27.3 Å². The van der Waals surface area contributed by atoms with Crippen LogP contribution in [0, 0.1) is 13.8 Å². The van der Waals surface area contributed by atoms with Crippen LogP contribution in [0.2, 0.25) is 0 Å². The Kier molecular flexibility index (Phi) is 6.81. The summed E-state index contributed by atoms with van der Waals surface area (Å²) >= 11 is 0. The van der Waals surface area contributed by atoms with Gasteiger partial charge >= 0.3 is 5.97 Å². The van der Waals surface area contributed by atoms with Crippen molar-refractivity contribution in [1.82, 2.24) is 14.9 Å². The first-order valence-electron chi connectivity index (χ1n) is 10.8. The zero-order chi connectivity index (χ0) is 23.4. The maximum absolute atomic E-state index is 12.5. The Morgan fingerprint density at radius 3 is 2.67 bits per heavy atom. The van der Waals surface area contributed by atoms with Gasteiger partial charge in [-0.25, -0.2) is 9.78 Å². The second-order valence-electron chi connectivity index (χ2n) is 8.06. The minimum Gasteiger partial charge on any atom is -0.452 e. The number of hydrogen-bond donors (Lipinski definition) is 2. The minimum absolute atomic E-state index is 0.219. The predicted molar refractivity (Wildman–Crippen MR) is 123 cm³/mol. The first-order chi connectivity index (χ1) is 15.9. The van der Waals surface area contributed by atoms with Gasteiger partial charge in [0.15, 0.2) is 6.61 Å². The highest BCUT2D eigenvalue weighted by atomic mass is 16.5. The molecule has 1 aliphatic rings. The molecule has 2 aromatic carbocycles. The van der Waals surface area contributed by atoms with Gasteiger partial charge in [-0.15, -0.1) is 0 Å². The maximum Gasteiger partial charge on any atom is 0.338 e. The number of fused-ring (bicyclic) bond motifs is 1. The Morgan fingerprint density at radius 1 is 1.12 bits per heavy atom. The number of anilines is 1. The Balaban J connectivity index is 1.42. The molecule has 1 aromatic heterocycles. The topological polar surface area (TPSA) is 114 Å². The molecule has 172 valence electrons. The van der Waals surface area contributed by atoms with Gasteiger partial charge in [-0.2, -0.15) is 0 Å². The summed E-state index contributed by atoms with van der Waals surface area (Å²) in [5, 5.41) is 3.09. The summed E-state index contributed by atoms with van der Waals surface area (Å²) in [7, 11) is 0. The number of ether oxygens (including phenoxy) is 2. The number of benzene rings is 2. The number of H-pyrrole nitrogens is 1. The van der Waals surface area contributed by atoms with Gasteiger partial charge in [0, 0.05) is 18.8 Å². The summed E-state index contributed by atoms with van der Waals surface area (Å²) in [5.74, 6) is -0.577. The van der Waals surface area contributed by atoms with Crippen LogP contribution in [0.3, 0.4) is 0 Å². The van der Waals surface area contributed by atoms with Crippen molar-refractivity contribution >= 4 is 28.5 Å². The van der Waals surface area contributed by atoms with Crippen LogP contribution in [0.5, 0.6) is 0 Å². The molecule has 3 aromatic rings. The number of carbonyl (C=O) groups excluding carboxylic acids is 2. The number of esters is 1. The van der Waals surface area contributed by atoms with Gasteiger partial charge in [-0.3, -0.25) is 14.5 Å². The summed E-state index contributed by atoms with van der Waals surface area (Å²) < 4.78 is 10.5. The Labute approximate surface area is 190 Å². The van der Waals surface area contributed by atoms with E-state index in [1.54, 1.807) is 6.07 Å². The Hall–Kier alpha value is -3.56. The van der Waals surface area contributed by atoms with Crippen molar-refractivity contribution in [2.45, 2.75) is 20.4 Å². The summed E-state index contributed by atoms with van der Waals surface area (Å²) in [4.78, 5) is 46.6. The quantitative estimate of drug-likeness (QED) is 0.553. The summed E-state index contributed by atoms with van der Waals surface area (Å²) in [6.07, 6.45) is 0. The SMILES string of the molecule is Cc1ccc(NC(=O)COC(=O)c2ccc3c(=O)[nH]c(CN4CCOCC4)nc3c2)cc1C. The fraction of sp³-hybridized carbons (Fsp3) is 0.333. The molecule has 2 heterocycles. The fourth-order valence-corrected chi connectivity index (χ4v) is 3.59. The number of morpholine rings is 1. The van der Waals surface area contributed by atoms with Crippen LogP contribution in [0.25, 0.3) is 10.9 Å². The molecule has 0 atom stereocenters. The van der Waals surface area contributed by atoms with Gasteiger partial charge in [0.25, 0.3) is 11.5 Å². The average molecular weight is 450 g/mol. The van der Waals surface area contributed by atoms with Gasteiger partial charge in [0.2, 0.25) is 0 Å². The highest BCUT2D eigenvalue weighted by molar-refractivity contribution is 5.97. The first-order valence-corrected chi connectivity index (χ1v) is 10.8. The molecular weight excluding hydrogens is 424 g/mol. The molecule has 0 spiro atoms. The molecule has 9 nitrogen and oxygen atoms in total. The van der Waals surface area contributed by atoms with Crippen molar-refractivity contribution in [3.63, 3.8) is 0 Å². The third kappa shape index (κ3) is 5.63. The fourth-order valence-electron chi connectivity index (χ4n) is 3.59. The van der Waals surface area contributed by atoms with Crippen molar-refractivity contribution in [2.75, 3.05) is 38.2 Å². The number of aromatic nitrogens is 2. The van der Waals surface area contributed by atoms with E-state index in [0.717, 1.165) is 24.2 Å². The summed E-state index contributed by atoms with van der Waals surface area (Å²) in [6.45, 7) is 6.82. The normalized spacial score (nSPS) is 14.2. The molecular formula is C24H26N4O5. The van der Waals surface area contributed by atoms with Crippen LogP contribution in [-0.4, -0.2) is 59.7 Å². The number of aryl methyl sites for hydroxylation is 2. The average Bonchev–Trinajstić information content (AvgIpc) is 2.80. The van der Waals surface area contributed by atoms with Crippen LogP contribution in [0.4, 0.5) is 5.69 Å². The van der Waals surface area contributed by atoms with Crippen molar-refractivity contribution in [2.24, 2.45) is 0 Å². The minimum atomic E-state index is -0.663. The molecule has 4 rings (SSSR count). The molecule has 0 radical (unpaired) electrons. The number of nitrogens with zero attached hydrogens (tertiary/aromatic N) is 2. The number of carbonyl (C=O) groups is 2. The lowest BCUT2D eigenvalue weighted by molar-refractivity contribution is -0.119. The number of hydrogen-bond acceptors (Lipinski definition) is 7. The number of rotatable bonds is 6. The van der Waals surface area contributed by atoms with E-state index in [2.05, 4.69) is 20.2 Å². The van der Waals surface area contributed by atoms with E-state index < -0.39 is 18.5 Å². The van der Waals surface area contributed by atoms with E-state index in [9.17, 15) is 14.4 Å². The molecule has 0 aliphatic carbocycles. The van der Waals surface area contributed by atoms with Gasteiger partial charge in [0.05, 0.1) is 36.2 Å². The largest absolute Gasteiger partial charge is 0.452 e. The van der Waals surface area contributed by atoms with Crippen molar-refractivity contribution < 1.29 is 19.1 Å². The number of aromatic amines is 1. The summed E-state index contributed by atoms with van der Waals surface area (Å²) in [6, 6.07) is 10.1. The van der Waals surface area contributed by atoms with Crippen molar-refractivity contribution in [1.29, 1.82) is 0 Å². The maximum atomic E-state index is 12.5. The van der Waals surface area contributed by atoms with Crippen LogP contribution >= 0.6 is 0 Å². The van der Waals surface area contributed by atoms with E-state index in [-0.39, 0.29) is 11.1 Å². The number of amides is 1. The first kappa shape index (κ1) is 22.6. The highest BCUT2D eigenvalue weighted by Gasteiger charge is 2.15. The van der Waals surface area contributed by atoms with E-state index in [4.69, 9.17) is 9.47 Å². The van der Waals surface area contributed by atoms with E-state index in [1.807, 2.05) is 26.0 Å². The van der Waals surface area contributed by atoms with E-state index in [1.165, 1.54) is 18.2 Å². The molecule has 0 unspecified atom stereocenters. The predicted octanol–water partition coefficient (Wildman–Crippen LogP) is 2.17. The van der Waals surface area contributed by atoms with Crippen molar-refractivity contribution in [3.8, 4) is 0 Å². The monoisotopic (exact) mass is 450 g/mol. The van der Waals surface area contributed by atoms with E-state index in [0.29, 0.717) is 42.2 Å². The third-order valence-corrected chi connectivity index (χ3v) is 5.59. The molecule has 0 bridgehead atoms. The second kappa shape index (κ2) is 9.93. The van der Waals surface area contributed by atoms with Crippen molar-refractivity contribution in [3.05, 3.63) is 69.3 Å². The van der Waals surface area contributed by atoms with E-state index >= 15 is 0 Å². The lowest BCUT2D eigenvalue weighted by atomic mass is 10.1. The second-order valence-corrected chi connectivity index (χ2v) is 8.06. The molecule has 33 heavy (non-hydrogen) atoms. The van der Waals surface area contributed by atoms with Gasteiger partial charge in [0.1, 0.15) is 5.82 Å². The zero-order valence-electron chi connectivity index (χ0n) is 18.6. The van der Waals surface area contributed by atoms with Gasteiger partial charge in [-0.05, 0) is 55.3 Å². The molecule has 1 amide bonds. The van der Waals surface area contributed by atoms with Gasteiger partial charge < -0.3 is 19.8 Å². The Bertz CT molecular complexity index is 1250. The van der Waals surface area contributed by atoms with Crippen LogP contribution in [0.15, 0.2) is 41.2 Å². The lowest BCUT2D eigenvalue weighted by Crippen LogP contribution is -2.36. The van der Waals surface area contributed by atoms with Crippen LogP contribution in [-0.2, 0) is 20.8 Å². The molecule has 2 N–H and O–H groups in total. The van der Waals surface area contributed by atoms with Gasteiger partial charge in [-0.1, -0.05) is 6.07 Å². The molecule has 1 saturated heterocycles. The lowest BCUT2D eigenvalue weighted by Gasteiger charge is -2.25. The van der Waals surface area contributed by atoms with Crippen LogP contribution < -0.4 is 10.9 Å². The standard InChI is InChI=1S/C24H26N4O5/c1-15-3-5-18(11-16(15)2)25-22(29)14-33-24(31)17-4-6-19-20(12-17)26-21(27-23(19)30)13-28-7-9-32-10-8-28/h3-6,11-12H,7-10,13-14H2,1-2H3,(H,25,29)(H,26,27,30). The molecule has 9 heteroatoms. The zero-order valence-corrected chi connectivity index (χ0v) is 18.6. The molecule has 0 saturated carbocycles. The molecule has 1 fully saturated rings. The Morgan fingerprint density at radius 2 is 1.91 bits per heavy atom. The molecule has 1 aliphatic heterocycles. The summed E-state index contributed by atoms with van der Waals surface area (Å²) in [5.41, 5.74) is 3.16. The third-order valence-electron chi connectivity index (χ3n) is 5.59. The number of nitrogens with one attached hydrogen (secondary N) is 2. The smallest absolute Gasteiger partial charge is 0.338 e. The highest BCUT2D eigenvalue weighted by Crippen LogP contribution is 2.15.